The van der Waals surface area contributed by atoms with Crippen LogP contribution in [0.15, 0.2) is 97.2 Å². The average molecular weight is 1040 g/mol. The van der Waals surface area contributed by atoms with Gasteiger partial charge in [0, 0.05) is 12.8 Å². The summed E-state index contributed by atoms with van der Waals surface area (Å²) < 4.78 is 34.5. The van der Waals surface area contributed by atoms with E-state index in [0.717, 1.165) is 96.3 Å². The summed E-state index contributed by atoms with van der Waals surface area (Å²) in [4.78, 5) is 35.7. The highest BCUT2D eigenvalue weighted by molar-refractivity contribution is 7.47. The Kier molecular flexibility index (Phi) is 51.5. The third-order valence-corrected chi connectivity index (χ3v) is 13.4. The molecule has 0 amide bonds. The van der Waals surface area contributed by atoms with Gasteiger partial charge in [0.2, 0.25) is 0 Å². The van der Waals surface area contributed by atoms with Crippen molar-refractivity contribution in [3.05, 3.63) is 97.2 Å². The standard InChI is InChI=1S/C63H110NO8P/c1-6-8-10-12-14-16-18-20-22-24-25-26-27-28-29-30-31-32-33-34-35-36-37-38-39-40-42-44-46-48-50-52-54-56-63(66)72-61(60-71-73(67,68)70-58-57-64(3,4)5)59-69-62(65)55-53-51-49-47-45-43-41-23-21-19-17-15-13-11-9-7-2/h8,10,14,16,20,22,25-26,28-29,31-32,34-35,37-38,61H,6-7,9,11-13,15,17-19,21,23-24,27,30,33,36,39-60H2,1-5H3/p+1/b10-8-,16-14-,22-20-,26-25-,29-28-,32-31-,35-34-,38-37-. The molecule has 0 aliphatic rings. The maximum absolute atomic E-state index is 12.8. The third kappa shape index (κ3) is 58.1. The lowest BCUT2D eigenvalue weighted by atomic mass is 10.0. The Hall–Kier alpha value is -3.07. The van der Waals surface area contributed by atoms with Gasteiger partial charge in [-0.1, -0.05) is 246 Å². The van der Waals surface area contributed by atoms with Crippen molar-refractivity contribution in [3.63, 3.8) is 0 Å². The minimum Gasteiger partial charge on any atom is -0.462 e. The predicted octanol–water partition coefficient (Wildman–Crippen LogP) is 18.4. The molecule has 0 aromatic carbocycles. The molecular weight excluding hydrogens is 930 g/mol. The number of hydrogen-bond donors (Lipinski definition) is 1. The van der Waals surface area contributed by atoms with Crippen LogP contribution in [0, 0.1) is 0 Å². The molecule has 2 unspecified atom stereocenters. The van der Waals surface area contributed by atoms with Crippen molar-refractivity contribution < 1.29 is 42.1 Å². The van der Waals surface area contributed by atoms with Gasteiger partial charge < -0.3 is 18.9 Å². The van der Waals surface area contributed by atoms with E-state index in [0.29, 0.717) is 17.4 Å². The number of phosphoric ester groups is 1. The fourth-order valence-corrected chi connectivity index (χ4v) is 8.60. The molecule has 0 aliphatic heterocycles. The molecule has 0 fully saturated rings. The maximum Gasteiger partial charge on any atom is 0.472 e. The van der Waals surface area contributed by atoms with Gasteiger partial charge in [-0.15, -0.1) is 0 Å². The van der Waals surface area contributed by atoms with Crippen LogP contribution in [0.1, 0.15) is 239 Å². The first-order valence-corrected chi connectivity index (χ1v) is 31.0. The predicted molar refractivity (Wildman–Crippen MR) is 312 cm³/mol. The minimum absolute atomic E-state index is 0.0269. The van der Waals surface area contributed by atoms with Gasteiger partial charge in [-0.2, -0.15) is 0 Å². The Morgan fingerprint density at radius 2 is 0.781 bits per heavy atom. The molecule has 2 atom stereocenters. The van der Waals surface area contributed by atoms with Crippen molar-refractivity contribution in [3.8, 4) is 0 Å². The number of rotatable bonds is 53. The second-order valence-electron chi connectivity index (χ2n) is 20.7. The summed E-state index contributed by atoms with van der Waals surface area (Å²) in [6.45, 7) is 4.32. The Morgan fingerprint density at radius 3 is 1.16 bits per heavy atom. The molecule has 0 heterocycles. The second-order valence-corrected chi connectivity index (χ2v) is 22.1. The molecular formula is C63H111NO8P+. The van der Waals surface area contributed by atoms with Crippen LogP contribution in [0.4, 0.5) is 0 Å². The zero-order valence-electron chi connectivity index (χ0n) is 47.6. The summed E-state index contributed by atoms with van der Waals surface area (Å²) >= 11 is 0. The molecule has 9 nitrogen and oxygen atoms in total. The first-order valence-electron chi connectivity index (χ1n) is 29.5. The zero-order chi connectivity index (χ0) is 53.5. The number of nitrogens with zero attached hydrogens (tertiary/aromatic N) is 1. The number of likely N-dealkylation sites (N-methyl/N-ethyl adjacent to an activating group) is 1. The number of unbranched alkanes of at least 4 members (excludes halogenated alkanes) is 23. The number of phosphoric acid groups is 1. The van der Waals surface area contributed by atoms with Crippen LogP contribution in [-0.4, -0.2) is 74.9 Å². The van der Waals surface area contributed by atoms with Gasteiger partial charge in [0.05, 0.1) is 27.7 Å². The van der Waals surface area contributed by atoms with E-state index in [4.69, 9.17) is 18.5 Å². The molecule has 10 heteroatoms. The Morgan fingerprint density at radius 1 is 0.438 bits per heavy atom. The Balaban J connectivity index is 4.17. The molecule has 0 radical (unpaired) electrons. The van der Waals surface area contributed by atoms with Crippen LogP contribution in [0.3, 0.4) is 0 Å². The second kappa shape index (κ2) is 53.7. The van der Waals surface area contributed by atoms with Crippen molar-refractivity contribution in [1.29, 1.82) is 0 Å². The molecule has 0 aromatic rings. The lowest BCUT2D eigenvalue weighted by Gasteiger charge is -2.24. The number of carbonyl (C=O) groups excluding carboxylic acids is 2. The van der Waals surface area contributed by atoms with Crippen LogP contribution in [-0.2, 0) is 32.7 Å². The van der Waals surface area contributed by atoms with E-state index >= 15 is 0 Å². The van der Waals surface area contributed by atoms with E-state index in [1.54, 1.807) is 0 Å². The topological polar surface area (TPSA) is 108 Å². The van der Waals surface area contributed by atoms with E-state index in [1.807, 2.05) is 21.1 Å². The molecule has 0 rings (SSSR count). The molecule has 420 valence electrons. The summed E-state index contributed by atoms with van der Waals surface area (Å²) in [7, 11) is 1.47. The SMILES string of the molecule is CC/C=C\C/C=C\C/C=C\C/C=C\C/C=C\C/C=C\C/C=C\C/C=C\CCCCCCCCCCC(=O)OC(COC(=O)CCCCCCCCCCCCCCCCCC)COP(=O)(O)OCC[N+](C)(C)C. The number of hydrogen-bond acceptors (Lipinski definition) is 7. The number of quaternary nitrogens is 1. The lowest BCUT2D eigenvalue weighted by molar-refractivity contribution is -0.870. The van der Waals surface area contributed by atoms with Crippen molar-refractivity contribution in [2.24, 2.45) is 0 Å². The normalized spacial score (nSPS) is 14.0. The van der Waals surface area contributed by atoms with Crippen LogP contribution >= 0.6 is 7.82 Å². The van der Waals surface area contributed by atoms with Gasteiger partial charge in [-0.05, 0) is 77.0 Å². The average Bonchev–Trinajstić information content (AvgIpc) is 3.35. The molecule has 0 aromatic heterocycles. The van der Waals surface area contributed by atoms with Gasteiger partial charge in [0.25, 0.3) is 0 Å². The van der Waals surface area contributed by atoms with E-state index in [9.17, 15) is 19.0 Å². The highest BCUT2D eigenvalue weighted by Crippen LogP contribution is 2.43. The molecule has 1 N–H and O–H groups in total. The summed E-state index contributed by atoms with van der Waals surface area (Å²) in [5.41, 5.74) is 0. The van der Waals surface area contributed by atoms with Gasteiger partial charge >= 0.3 is 19.8 Å². The number of ether oxygens (including phenoxy) is 2. The van der Waals surface area contributed by atoms with Gasteiger partial charge in [-0.25, -0.2) is 4.57 Å². The van der Waals surface area contributed by atoms with Crippen molar-refractivity contribution in [2.45, 2.75) is 245 Å². The van der Waals surface area contributed by atoms with Gasteiger partial charge in [0.1, 0.15) is 19.8 Å². The van der Waals surface area contributed by atoms with Crippen LogP contribution in [0.5, 0.6) is 0 Å². The number of carbonyl (C=O) groups is 2. The highest BCUT2D eigenvalue weighted by atomic mass is 31.2. The first kappa shape index (κ1) is 69.9. The van der Waals surface area contributed by atoms with E-state index in [-0.39, 0.29) is 32.0 Å². The van der Waals surface area contributed by atoms with E-state index in [1.165, 1.54) is 109 Å². The molecule has 0 saturated carbocycles. The van der Waals surface area contributed by atoms with Gasteiger partial charge in [-0.3, -0.25) is 18.6 Å². The number of allylic oxidation sites excluding steroid dienone is 16. The van der Waals surface area contributed by atoms with E-state index < -0.39 is 26.5 Å². The van der Waals surface area contributed by atoms with Crippen molar-refractivity contribution in [2.75, 3.05) is 47.5 Å². The quantitative estimate of drug-likeness (QED) is 0.0211. The Labute approximate surface area is 449 Å². The maximum atomic E-state index is 12.8. The first-order chi connectivity index (χ1) is 35.5. The largest absolute Gasteiger partial charge is 0.472 e. The molecule has 0 spiro atoms. The van der Waals surface area contributed by atoms with Crippen molar-refractivity contribution in [1.82, 2.24) is 0 Å². The Bertz CT molecular complexity index is 1550. The summed E-state index contributed by atoms with van der Waals surface area (Å²) in [5, 5.41) is 0. The fourth-order valence-electron chi connectivity index (χ4n) is 7.85. The zero-order valence-corrected chi connectivity index (χ0v) is 48.5. The number of esters is 2. The van der Waals surface area contributed by atoms with Crippen LogP contribution in [0.25, 0.3) is 0 Å². The summed E-state index contributed by atoms with van der Waals surface area (Å²) in [6.07, 6.45) is 73.3. The highest BCUT2D eigenvalue weighted by Gasteiger charge is 2.27. The smallest absolute Gasteiger partial charge is 0.462 e. The van der Waals surface area contributed by atoms with Crippen LogP contribution in [0.2, 0.25) is 0 Å². The molecule has 73 heavy (non-hydrogen) atoms. The summed E-state index contributed by atoms with van der Waals surface area (Å²) in [5.74, 6) is -0.805. The molecule has 0 saturated heterocycles. The third-order valence-electron chi connectivity index (χ3n) is 12.4. The van der Waals surface area contributed by atoms with E-state index in [2.05, 4.69) is 111 Å². The van der Waals surface area contributed by atoms with Crippen molar-refractivity contribution >= 4 is 19.8 Å². The molecule has 0 aliphatic carbocycles. The monoisotopic (exact) mass is 1040 g/mol. The lowest BCUT2D eigenvalue weighted by Crippen LogP contribution is -2.37. The van der Waals surface area contributed by atoms with Gasteiger partial charge in [0.15, 0.2) is 6.10 Å². The fraction of sp³-hybridized carbons (Fsp3) is 0.714. The van der Waals surface area contributed by atoms with Crippen LogP contribution < -0.4 is 0 Å². The summed E-state index contributed by atoms with van der Waals surface area (Å²) in [6, 6.07) is 0. The minimum atomic E-state index is -4.39. The molecule has 0 bridgehead atoms.